The van der Waals surface area contributed by atoms with Crippen LogP contribution in [0.1, 0.15) is 37.7 Å². The summed E-state index contributed by atoms with van der Waals surface area (Å²) in [7, 11) is 0. The molecule has 18 heavy (non-hydrogen) atoms. The van der Waals surface area contributed by atoms with E-state index in [0.29, 0.717) is 6.04 Å². The molecule has 0 N–H and O–H groups in total. The monoisotopic (exact) mass is 240 g/mol. The predicted molar refractivity (Wildman–Crippen MR) is 74.6 cm³/mol. The van der Waals surface area contributed by atoms with Crippen LogP contribution in [0.15, 0.2) is 30.5 Å². The highest BCUT2D eigenvalue weighted by atomic mass is 15.1. The molecule has 2 unspecified atom stereocenters. The summed E-state index contributed by atoms with van der Waals surface area (Å²) < 4.78 is 2.36. The van der Waals surface area contributed by atoms with Crippen LogP contribution in [0.2, 0.25) is 0 Å². The fourth-order valence-corrected chi connectivity index (χ4v) is 3.05. The van der Waals surface area contributed by atoms with Gasteiger partial charge in [-0.15, -0.1) is 0 Å². The first-order valence-corrected chi connectivity index (χ1v) is 6.79. The summed E-state index contributed by atoms with van der Waals surface area (Å²) >= 11 is 0. The maximum absolute atomic E-state index is 4.85. The van der Waals surface area contributed by atoms with Gasteiger partial charge < -0.3 is 4.57 Å². The number of nitrogens with zero attached hydrogens (tertiary/aromatic N) is 2. The maximum Gasteiger partial charge on any atom is 0.109 e. The van der Waals surface area contributed by atoms with Crippen molar-refractivity contribution >= 4 is 0 Å². The maximum atomic E-state index is 4.85. The molecule has 0 aliphatic carbocycles. The smallest absolute Gasteiger partial charge is 0.109 e. The van der Waals surface area contributed by atoms with E-state index in [1.165, 1.54) is 23.4 Å². The molecule has 2 heterocycles. The third-order valence-electron chi connectivity index (χ3n) is 3.98. The molecule has 0 spiro atoms. The molecule has 1 aliphatic heterocycles. The van der Waals surface area contributed by atoms with Crippen LogP contribution in [-0.2, 0) is 6.42 Å². The average Bonchev–Trinajstić information content (AvgIpc) is 2.73. The summed E-state index contributed by atoms with van der Waals surface area (Å²) in [5.74, 6) is 2.00. The molecular formula is C16H20N2. The number of aryl methyl sites for hydroxylation is 1. The van der Waals surface area contributed by atoms with Gasteiger partial charge in [0.2, 0.25) is 0 Å². The van der Waals surface area contributed by atoms with Gasteiger partial charge in [-0.2, -0.15) is 0 Å². The summed E-state index contributed by atoms with van der Waals surface area (Å²) in [6, 6.07) is 9.07. The zero-order chi connectivity index (χ0) is 12.7. The number of rotatable bonds is 1. The van der Waals surface area contributed by atoms with Crippen molar-refractivity contribution in [3.63, 3.8) is 0 Å². The lowest BCUT2D eigenvalue weighted by atomic mass is 9.95. The van der Waals surface area contributed by atoms with E-state index in [-0.39, 0.29) is 0 Å². The van der Waals surface area contributed by atoms with Crippen molar-refractivity contribution in [3.05, 3.63) is 41.9 Å². The van der Waals surface area contributed by atoms with Gasteiger partial charge in [0.1, 0.15) is 5.82 Å². The molecule has 0 amide bonds. The van der Waals surface area contributed by atoms with Crippen molar-refractivity contribution in [2.24, 2.45) is 5.92 Å². The van der Waals surface area contributed by atoms with Crippen molar-refractivity contribution in [1.82, 2.24) is 9.55 Å². The van der Waals surface area contributed by atoms with Crippen LogP contribution in [0.5, 0.6) is 0 Å². The summed E-state index contributed by atoms with van der Waals surface area (Å²) in [6.45, 7) is 6.77. The molecule has 0 bridgehead atoms. The normalized spacial score (nSPS) is 22.8. The van der Waals surface area contributed by atoms with E-state index in [1.54, 1.807) is 0 Å². The summed E-state index contributed by atoms with van der Waals surface area (Å²) in [5.41, 5.74) is 3.69. The number of aromatic nitrogens is 2. The number of hydrogen-bond acceptors (Lipinski definition) is 1. The van der Waals surface area contributed by atoms with E-state index in [9.17, 15) is 0 Å². The zero-order valence-electron chi connectivity index (χ0n) is 11.4. The second-order valence-electron chi connectivity index (χ2n) is 5.66. The average molecular weight is 240 g/mol. The third-order valence-corrected chi connectivity index (χ3v) is 3.98. The van der Waals surface area contributed by atoms with E-state index in [4.69, 9.17) is 4.98 Å². The van der Waals surface area contributed by atoms with E-state index >= 15 is 0 Å². The SMILES string of the molecule is Cc1ccccc1-c1cn2c(n1)CC(C)CC2C. The molecule has 0 saturated carbocycles. The minimum absolute atomic E-state index is 0.578. The first kappa shape index (κ1) is 11.5. The Kier molecular flexibility index (Phi) is 2.73. The molecule has 1 aromatic heterocycles. The standard InChI is InChI=1S/C16H20N2/c1-11-8-13(3)18-10-15(17-16(18)9-11)14-7-5-4-6-12(14)2/h4-7,10-11,13H,8-9H2,1-3H3. The largest absolute Gasteiger partial charge is 0.331 e. The van der Waals surface area contributed by atoms with Crippen LogP contribution in [0, 0.1) is 12.8 Å². The van der Waals surface area contributed by atoms with Crippen LogP contribution in [-0.4, -0.2) is 9.55 Å². The summed E-state index contributed by atoms with van der Waals surface area (Å²) in [6.07, 6.45) is 4.60. The Morgan fingerprint density at radius 3 is 2.78 bits per heavy atom. The Hall–Kier alpha value is -1.57. The van der Waals surface area contributed by atoms with Gasteiger partial charge in [-0.3, -0.25) is 0 Å². The van der Waals surface area contributed by atoms with Gasteiger partial charge in [0, 0.05) is 24.2 Å². The minimum Gasteiger partial charge on any atom is -0.331 e. The first-order chi connectivity index (χ1) is 8.65. The zero-order valence-corrected chi connectivity index (χ0v) is 11.4. The molecule has 0 saturated heterocycles. The molecule has 2 aromatic rings. The molecule has 1 aromatic carbocycles. The molecule has 0 fully saturated rings. The highest BCUT2D eigenvalue weighted by Crippen LogP contribution is 2.31. The number of imidazole rings is 1. The molecule has 2 nitrogen and oxygen atoms in total. The highest BCUT2D eigenvalue weighted by molar-refractivity contribution is 5.63. The second kappa shape index (κ2) is 4.27. The Morgan fingerprint density at radius 1 is 1.22 bits per heavy atom. The van der Waals surface area contributed by atoms with E-state index in [2.05, 4.69) is 55.8 Å². The lowest BCUT2D eigenvalue weighted by molar-refractivity contribution is 0.343. The number of fused-ring (bicyclic) bond motifs is 1. The lowest BCUT2D eigenvalue weighted by Crippen LogP contribution is -2.20. The van der Waals surface area contributed by atoms with Gasteiger partial charge >= 0.3 is 0 Å². The van der Waals surface area contributed by atoms with Gasteiger partial charge in [-0.1, -0.05) is 31.2 Å². The van der Waals surface area contributed by atoms with Crippen molar-refractivity contribution in [1.29, 1.82) is 0 Å². The van der Waals surface area contributed by atoms with Crippen molar-refractivity contribution in [3.8, 4) is 11.3 Å². The topological polar surface area (TPSA) is 17.8 Å². The van der Waals surface area contributed by atoms with Gasteiger partial charge in [-0.25, -0.2) is 4.98 Å². The van der Waals surface area contributed by atoms with Crippen molar-refractivity contribution in [2.45, 2.75) is 39.7 Å². The van der Waals surface area contributed by atoms with Crippen LogP contribution in [0.3, 0.4) is 0 Å². The molecule has 3 rings (SSSR count). The molecular weight excluding hydrogens is 220 g/mol. The van der Waals surface area contributed by atoms with Crippen LogP contribution in [0.25, 0.3) is 11.3 Å². The van der Waals surface area contributed by atoms with Crippen molar-refractivity contribution in [2.75, 3.05) is 0 Å². The first-order valence-electron chi connectivity index (χ1n) is 6.79. The fourth-order valence-electron chi connectivity index (χ4n) is 3.05. The molecule has 2 heteroatoms. The summed E-state index contributed by atoms with van der Waals surface area (Å²) in [5, 5.41) is 0. The van der Waals surface area contributed by atoms with Gasteiger partial charge in [0.05, 0.1) is 5.69 Å². The fraction of sp³-hybridized carbons (Fsp3) is 0.438. The molecule has 0 radical (unpaired) electrons. The molecule has 2 atom stereocenters. The Bertz CT molecular complexity index is 568. The van der Waals surface area contributed by atoms with Gasteiger partial charge in [-0.05, 0) is 31.7 Å². The Balaban J connectivity index is 2.06. The quantitative estimate of drug-likeness (QED) is 0.736. The van der Waals surface area contributed by atoms with E-state index in [0.717, 1.165) is 18.0 Å². The number of hydrogen-bond donors (Lipinski definition) is 0. The van der Waals surface area contributed by atoms with Crippen LogP contribution in [0.4, 0.5) is 0 Å². The Morgan fingerprint density at radius 2 is 2.00 bits per heavy atom. The minimum atomic E-state index is 0.578. The Labute approximate surface area is 109 Å². The van der Waals surface area contributed by atoms with Gasteiger partial charge in [0.15, 0.2) is 0 Å². The van der Waals surface area contributed by atoms with Crippen LogP contribution < -0.4 is 0 Å². The molecule has 1 aliphatic rings. The summed E-state index contributed by atoms with van der Waals surface area (Å²) in [4.78, 5) is 4.85. The van der Waals surface area contributed by atoms with Crippen molar-refractivity contribution < 1.29 is 0 Å². The van der Waals surface area contributed by atoms with E-state index < -0.39 is 0 Å². The predicted octanol–water partition coefficient (Wildman–Crippen LogP) is 4.00. The van der Waals surface area contributed by atoms with Gasteiger partial charge in [0.25, 0.3) is 0 Å². The number of benzene rings is 1. The third kappa shape index (κ3) is 1.86. The molecule has 94 valence electrons. The van der Waals surface area contributed by atoms with E-state index in [1.807, 2.05) is 0 Å². The van der Waals surface area contributed by atoms with Crippen LogP contribution >= 0.6 is 0 Å². The second-order valence-corrected chi connectivity index (χ2v) is 5.66. The lowest BCUT2D eigenvalue weighted by Gasteiger charge is -2.26. The highest BCUT2D eigenvalue weighted by Gasteiger charge is 2.23.